The molecule has 1 atom stereocenters. The predicted octanol–water partition coefficient (Wildman–Crippen LogP) is 2.30. The molecule has 1 aromatic heterocycles. The molecule has 0 amide bonds. The Morgan fingerprint density at radius 2 is 1.75 bits per heavy atom. The van der Waals surface area contributed by atoms with E-state index in [1.807, 2.05) is 49.4 Å². The second-order valence-electron chi connectivity index (χ2n) is 4.67. The highest BCUT2D eigenvalue weighted by atomic mass is 32.2. The maximum atomic E-state index is 12.1. The van der Waals surface area contributed by atoms with Gasteiger partial charge in [0.15, 0.2) is 0 Å². The fourth-order valence-electron chi connectivity index (χ4n) is 1.95. The van der Waals surface area contributed by atoms with Crippen LogP contribution in [0, 0.1) is 0 Å². The molecular formula is C15H18N2O2S. The first kappa shape index (κ1) is 14.7. The first-order valence-electron chi connectivity index (χ1n) is 6.51. The molecule has 1 aromatic carbocycles. The van der Waals surface area contributed by atoms with Gasteiger partial charge in [-0.2, -0.15) is 0 Å². The number of aromatic nitrogens is 1. The van der Waals surface area contributed by atoms with Gasteiger partial charge in [-0.3, -0.25) is 4.98 Å². The van der Waals surface area contributed by atoms with E-state index in [4.69, 9.17) is 0 Å². The molecule has 1 N–H and O–H groups in total. The second-order valence-corrected chi connectivity index (χ2v) is 6.55. The molecule has 0 aliphatic rings. The third-order valence-corrected chi connectivity index (χ3v) is 4.52. The van der Waals surface area contributed by atoms with Crippen molar-refractivity contribution in [1.29, 1.82) is 0 Å². The molecule has 1 unspecified atom stereocenters. The molecule has 2 rings (SSSR count). The van der Waals surface area contributed by atoms with Crippen molar-refractivity contribution in [1.82, 2.24) is 9.71 Å². The Morgan fingerprint density at radius 1 is 1.10 bits per heavy atom. The minimum absolute atomic E-state index is 0.0897. The van der Waals surface area contributed by atoms with E-state index < -0.39 is 10.0 Å². The van der Waals surface area contributed by atoms with E-state index in [1.165, 1.54) is 0 Å². The molecule has 0 aliphatic heterocycles. The van der Waals surface area contributed by atoms with Crippen molar-refractivity contribution in [3.8, 4) is 0 Å². The van der Waals surface area contributed by atoms with Crippen LogP contribution >= 0.6 is 0 Å². The van der Waals surface area contributed by atoms with Crippen molar-refractivity contribution in [2.45, 2.75) is 19.4 Å². The molecule has 4 nitrogen and oxygen atoms in total. The minimum Gasteiger partial charge on any atom is -0.265 e. The lowest BCUT2D eigenvalue weighted by atomic mass is 10.1. The van der Waals surface area contributed by atoms with Crippen molar-refractivity contribution in [3.05, 3.63) is 66.0 Å². The molecule has 0 radical (unpaired) electrons. The van der Waals surface area contributed by atoms with E-state index in [0.717, 1.165) is 11.1 Å². The van der Waals surface area contributed by atoms with Crippen LogP contribution in [0.4, 0.5) is 0 Å². The summed E-state index contributed by atoms with van der Waals surface area (Å²) >= 11 is 0. The van der Waals surface area contributed by atoms with Crippen LogP contribution in [0.5, 0.6) is 0 Å². The number of hydrogen-bond acceptors (Lipinski definition) is 3. The van der Waals surface area contributed by atoms with Gasteiger partial charge in [-0.15, -0.1) is 0 Å². The Bertz CT molecular complexity index is 627. The summed E-state index contributed by atoms with van der Waals surface area (Å²) in [6.07, 6.45) is 3.83. The molecule has 0 spiro atoms. The molecule has 1 heterocycles. The van der Waals surface area contributed by atoms with Gasteiger partial charge in [0.05, 0.1) is 5.75 Å². The molecule has 0 aliphatic carbocycles. The van der Waals surface area contributed by atoms with Gasteiger partial charge in [-0.25, -0.2) is 13.1 Å². The number of aryl methyl sites for hydroxylation is 1. The Hall–Kier alpha value is -1.72. The zero-order valence-electron chi connectivity index (χ0n) is 11.4. The molecular weight excluding hydrogens is 272 g/mol. The van der Waals surface area contributed by atoms with Gasteiger partial charge in [0.25, 0.3) is 0 Å². The molecule has 0 fully saturated rings. The smallest absolute Gasteiger partial charge is 0.212 e. The highest BCUT2D eigenvalue weighted by Crippen LogP contribution is 2.12. The average Bonchev–Trinajstić information content (AvgIpc) is 2.47. The summed E-state index contributed by atoms with van der Waals surface area (Å²) in [5.41, 5.74) is 1.93. The van der Waals surface area contributed by atoms with Gasteiger partial charge in [-0.05, 0) is 36.6 Å². The standard InChI is InChI=1S/C15H18N2O2S/c1-13(15-7-10-16-11-8-15)17-20(18,19)12-9-14-5-3-2-4-6-14/h2-8,10-11,13,17H,9,12H2,1H3. The van der Waals surface area contributed by atoms with Crippen molar-refractivity contribution in [3.63, 3.8) is 0 Å². The number of pyridine rings is 1. The highest BCUT2D eigenvalue weighted by molar-refractivity contribution is 7.89. The Kier molecular flexibility index (Phi) is 4.87. The molecule has 0 saturated heterocycles. The lowest BCUT2D eigenvalue weighted by Gasteiger charge is -2.14. The largest absolute Gasteiger partial charge is 0.265 e. The Labute approximate surface area is 119 Å². The lowest BCUT2D eigenvalue weighted by molar-refractivity contribution is 0.566. The van der Waals surface area contributed by atoms with Crippen molar-refractivity contribution >= 4 is 10.0 Å². The molecule has 20 heavy (non-hydrogen) atoms. The Balaban J connectivity index is 1.94. The van der Waals surface area contributed by atoms with Crippen molar-refractivity contribution in [2.75, 3.05) is 5.75 Å². The molecule has 5 heteroatoms. The number of nitrogens with one attached hydrogen (secondary N) is 1. The van der Waals surface area contributed by atoms with Gasteiger partial charge in [0.1, 0.15) is 0 Å². The van der Waals surface area contributed by atoms with E-state index in [-0.39, 0.29) is 11.8 Å². The lowest BCUT2D eigenvalue weighted by Crippen LogP contribution is -2.29. The maximum absolute atomic E-state index is 12.1. The van der Waals surface area contributed by atoms with E-state index in [1.54, 1.807) is 12.4 Å². The minimum atomic E-state index is -3.30. The monoisotopic (exact) mass is 290 g/mol. The van der Waals surface area contributed by atoms with Gasteiger partial charge < -0.3 is 0 Å². The summed E-state index contributed by atoms with van der Waals surface area (Å²) in [7, 11) is -3.30. The van der Waals surface area contributed by atoms with E-state index in [2.05, 4.69) is 9.71 Å². The van der Waals surface area contributed by atoms with Crippen LogP contribution in [0.15, 0.2) is 54.9 Å². The summed E-state index contributed by atoms with van der Waals surface area (Å²) < 4.78 is 26.8. The van der Waals surface area contributed by atoms with E-state index in [0.29, 0.717) is 6.42 Å². The van der Waals surface area contributed by atoms with Crippen molar-refractivity contribution < 1.29 is 8.42 Å². The number of rotatable bonds is 6. The zero-order valence-corrected chi connectivity index (χ0v) is 12.2. The summed E-state index contributed by atoms with van der Waals surface area (Å²) in [5.74, 6) is 0.0897. The Morgan fingerprint density at radius 3 is 2.40 bits per heavy atom. The average molecular weight is 290 g/mol. The molecule has 0 saturated carbocycles. The van der Waals surface area contributed by atoms with Crippen LogP contribution in [-0.2, 0) is 16.4 Å². The molecule has 0 bridgehead atoms. The van der Waals surface area contributed by atoms with Crippen LogP contribution in [0.3, 0.4) is 0 Å². The summed E-state index contributed by atoms with van der Waals surface area (Å²) in [4.78, 5) is 3.92. The van der Waals surface area contributed by atoms with Crippen LogP contribution in [-0.4, -0.2) is 19.2 Å². The number of benzene rings is 1. The van der Waals surface area contributed by atoms with Gasteiger partial charge in [-0.1, -0.05) is 30.3 Å². The first-order chi connectivity index (χ1) is 9.57. The second kappa shape index (κ2) is 6.63. The van der Waals surface area contributed by atoms with Crippen molar-refractivity contribution in [2.24, 2.45) is 0 Å². The number of hydrogen-bond donors (Lipinski definition) is 1. The third-order valence-electron chi connectivity index (χ3n) is 3.06. The first-order valence-corrected chi connectivity index (χ1v) is 8.16. The topological polar surface area (TPSA) is 59.1 Å². The van der Waals surface area contributed by atoms with Crippen LogP contribution in [0.25, 0.3) is 0 Å². The fourth-order valence-corrected chi connectivity index (χ4v) is 3.24. The van der Waals surface area contributed by atoms with Gasteiger partial charge in [0.2, 0.25) is 10.0 Å². The number of nitrogens with zero attached hydrogens (tertiary/aromatic N) is 1. The van der Waals surface area contributed by atoms with Gasteiger partial charge >= 0.3 is 0 Å². The van der Waals surface area contributed by atoms with Crippen LogP contribution in [0.1, 0.15) is 24.1 Å². The quantitative estimate of drug-likeness (QED) is 0.888. The van der Waals surface area contributed by atoms with E-state index in [9.17, 15) is 8.42 Å². The normalized spacial score (nSPS) is 13.1. The number of sulfonamides is 1. The summed E-state index contributed by atoms with van der Waals surface area (Å²) in [5, 5.41) is 0. The van der Waals surface area contributed by atoms with Crippen LogP contribution in [0.2, 0.25) is 0 Å². The summed E-state index contributed by atoms with van der Waals surface area (Å²) in [6.45, 7) is 1.83. The SMILES string of the molecule is CC(NS(=O)(=O)CCc1ccccc1)c1ccncc1. The fraction of sp³-hybridized carbons (Fsp3) is 0.267. The maximum Gasteiger partial charge on any atom is 0.212 e. The van der Waals surface area contributed by atoms with Gasteiger partial charge in [0, 0.05) is 18.4 Å². The zero-order chi connectivity index (χ0) is 14.4. The van der Waals surface area contributed by atoms with Crippen LogP contribution < -0.4 is 4.72 Å². The summed E-state index contributed by atoms with van der Waals surface area (Å²) in [6, 6.07) is 13.0. The highest BCUT2D eigenvalue weighted by Gasteiger charge is 2.15. The van der Waals surface area contributed by atoms with E-state index >= 15 is 0 Å². The molecule has 2 aromatic rings. The predicted molar refractivity (Wildman–Crippen MR) is 79.7 cm³/mol. The third kappa shape index (κ3) is 4.43. The molecule has 106 valence electrons.